The Hall–Kier alpha value is 0.0169. The van der Waals surface area contributed by atoms with E-state index in [1.807, 2.05) is 6.55 Å². The van der Waals surface area contributed by atoms with Gasteiger partial charge in [-0.1, -0.05) is 0 Å². The summed E-state index contributed by atoms with van der Waals surface area (Å²) in [5.41, 5.74) is 0. The summed E-state index contributed by atoms with van der Waals surface area (Å²) < 4.78 is 26.5. The second-order valence-corrected chi connectivity index (χ2v) is 5.94. The van der Waals surface area contributed by atoms with Crippen molar-refractivity contribution in [3.05, 3.63) is 0 Å². The van der Waals surface area contributed by atoms with E-state index in [0.29, 0.717) is 6.61 Å². The van der Waals surface area contributed by atoms with Crippen molar-refractivity contribution in [1.82, 2.24) is 0 Å². The number of ether oxygens (including phenoxy) is 2. The van der Waals surface area contributed by atoms with Crippen molar-refractivity contribution in [3.8, 4) is 0 Å². The molecule has 1 heterocycles. The third-order valence-corrected chi connectivity index (χ3v) is 4.29. The Labute approximate surface area is 85.6 Å². The van der Waals surface area contributed by atoms with Crippen molar-refractivity contribution in [2.75, 3.05) is 34.0 Å². The highest BCUT2D eigenvalue weighted by molar-refractivity contribution is 6.59. The molecule has 0 atom stereocenters. The lowest BCUT2D eigenvalue weighted by Gasteiger charge is -2.27. The van der Waals surface area contributed by atoms with Gasteiger partial charge in [0.15, 0.2) is 6.29 Å². The Balaban J connectivity index is 2.23. The lowest BCUT2D eigenvalue weighted by Crippen LogP contribution is -2.43. The standard InChI is InChI=1S/C8H18O5Si/c1-9-14(3,10-2)13-7-8-11-5-4-6-12-8/h8H,4-7H2,1-3H3. The molecule has 1 saturated heterocycles. The first kappa shape index (κ1) is 12.1. The second-order valence-electron chi connectivity index (χ2n) is 3.11. The Kier molecular flexibility index (Phi) is 5.00. The van der Waals surface area contributed by atoms with Crippen LogP contribution in [0.25, 0.3) is 0 Å². The number of rotatable bonds is 5. The van der Waals surface area contributed by atoms with Gasteiger partial charge in [0, 0.05) is 20.8 Å². The van der Waals surface area contributed by atoms with Crippen molar-refractivity contribution in [2.24, 2.45) is 0 Å². The number of hydrogen-bond donors (Lipinski definition) is 0. The van der Waals surface area contributed by atoms with Gasteiger partial charge in [0.1, 0.15) is 0 Å². The van der Waals surface area contributed by atoms with Gasteiger partial charge in [0.25, 0.3) is 0 Å². The first-order chi connectivity index (χ1) is 6.70. The van der Waals surface area contributed by atoms with Crippen molar-refractivity contribution in [2.45, 2.75) is 19.3 Å². The first-order valence-electron chi connectivity index (χ1n) is 4.67. The van der Waals surface area contributed by atoms with Gasteiger partial charge in [-0.25, -0.2) is 0 Å². The fourth-order valence-electron chi connectivity index (χ4n) is 1.05. The van der Waals surface area contributed by atoms with E-state index in [2.05, 4.69) is 0 Å². The molecule has 0 radical (unpaired) electrons. The quantitative estimate of drug-likeness (QED) is 0.638. The van der Waals surface area contributed by atoms with Gasteiger partial charge >= 0.3 is 8.80 Å². The van der Waals surface area contributed by atoms with Gasteiger partial charge in [-0.3, -0.25) is 0 Å². The van der Waals surface area contributed by atoms with Crippen LogP contribution in [-0.2, 0) is 22.8 Å². The molecule has 0 saturated carbocycles. The van der Waals surface area contributed by atoms with E-state index < -0.39 is 8.80 Å². The largest absolute Gasteiger partial charge is 0.497 e. The zero-order valence-electron chi connectivity index (χ0n) is 8.95. The minimum absolute atomic E-state index is 0.277. The van der Waals surface area contributed by atoms with Crippen LogP contribution < -0.4 is 0 Å². The molecule has 1 fully saturated rings. The molecular formula is C8H18O5Si. The molecule has 0 aliphatic carbocycles. The van der Waals surface area contributed by atoms with Crippen LogP contribution >= 0.6 is 0 Å². The molecule has 0 aromatic rings. The van der Waals surface area contributed by atoms with Crippen LogP contribution in [0, 0.1) is 0 Å². The Bertz CT molecular complexity index is 156. The molecular weight excluding hydrogens is 204 g/mol. The van der Waals surface area contributed by atoms with Crippen molar-refractivity contribution in [1.29, 1.82) is 0 Å². The van der Waals surface area contributed by atoms with E-state index >= 15 is 0 Å². The van der Waals surface area contributed by atoms with Crippen molar-refractivity contribution >= 4 is 8.80 Å². The Morgan fingerprint density at radius 2 is 1.79 bits per heavy atom. The molecule has 1 aliphatic rings. The lowest BCUT2D eigenvalue weighted by atomic mass is 10.4. The van der Waals surface area contributed by atoms with Crippen LogP contribution in [0.2, 0.25) is 6.55 Å². The average Bonchev–Trinajstić information content (AvgIpc) is 2.27. The molecule has 84 valence electrons. The van der Waals surface area contributed by atoms with E-state index in [9.17, 15) is 0 Å². The molecule has 0 amide bonds. The third kappa shape index (κ3) is 3.64. The van der Waals surface area contributed by atoms with E-state index in [1.165, 1.54) is 0 Å². The first-order valence-corrected chi connectivity index (χ1v) is 6.90. The zero-order valence-corrected chi connectivity index (χ0v) is 9.95. The highest BCUT2D eigenvalue weighted by atomic mass is 28.4. The molecule has 14 heavy (non-hydrogen) atoms. The predicted molar refractivity (Wildman–Crippen MR) is 51.9 cm³/mol. The van der Waals surface area contributed by atoms with Gasteiger partial charge in [0.05, 0.1) is 19.8 Å². The minimum Gasteiger partial charge on any atom is -0.377 e. The molecule has 0 aromatic heterocycles. The van der Waals surface area contributed by atoms with E-state index in [0.717, 1.165) is 19.6 Å². The maximum atomic E-state index is 5.51. The average molecular weight is 222 g/mol. The molecule has 6 heteroatoms. The minimum atomic E-state index is -2.44. The highest BCUT2D eigenvalue weighted by Crippen LogP contribution is 2.10. The molecule has 5 nitrogen and oxygen atoms in total. The summed E-state index contributed by atoms with van der Waals surface area (Å²) in [7, 11) is 0.722. The van der Waals surface area contributed by atoms with Gasteiger partial charge in [-0.2, -0.15) is 0 Å². The topological polar surface area (TPSA) is 46.2 Å². The lowest BCUT2D eigenvalue weighted by molar-refractivity contribution is -0.196. The second kappa shape index (κ2) is 5.79. The SMILES string of the molecule is CO[Si](C)(OC)OCC1OCCCO1. The Morgan fingerprint density at radius 1 is 1.21 bits per heavy atom. The number of hydrogen-bond acceptors (Lipinski definition) is 5. The third-order valence-electron chi connectivity index (χ3n) is 2.12. The normalized spacial score (nSPS) is 19.9. The molecule has 1 rings (SSSR count). The monoisotopic (exact) mass is 222 g/mol. The van der Waals surface area contributed by atoms with Gasteiger partial charge in [0.2, 0.25) is 0 Å². The van der Waals surface area contributed by atoms with Crippen LogP contribution in [0.4, 0.5) is 0 Å². The maximum absolute atomic E-state index is 5.51. The van der Waals surface area contributed by atoms with Gasteiger partial charge in [-0.15, -0.1) is 0 Å². The molecule has 1 aliphatic heterocycles. The molecule has 0 bridgehead atoms. The van der Waals surface area contributed by atoms with E-state index in [-0.39, 0.29) is 6.29 Å². The summed E-state index contributed by atoms with van der Waals surface area (Å²) in [6.07, 6.45) is 0.667. The van der Waals surface area contributed by atoms with Gasteiger partial charge in [-0.05, 0) is 6.42 Å². The summed E-state index contributed by atoms with van der Waals surface area (Å²) in [6.45, 7) is 3.65. The van der Waals surface area contributed by atoms with Crippen LogP contribution in [0.5, 0.6) is 0 Å². The van der Waals surface area contributed by atoms with Crippen LogP contribution in [-0.4, -0.2) is 49.1 Å². The summed E-state index contributed by atoms with van der Waals surface area (Å²) in [5, 5.41) is 0. The molecule has 0 aromatic carbocycles. The van der Waals surface area contributed by atoms with E-state index in [1.54, 1.807) is 14.2 Å². The van der Waals surface area contributed by atoms with Crippen LogP contribution in [0.15, 0.2) is 0 Å². The predicted octanol–water partition coefficient (Wildman–Crippen LogP) is 0.627. The zero-order chi connectivity index (χ0) is 10.4. The summed E-state index contributed by atoms with van der Waals surface area (Å²) in [5.74, 6) is 0. The van der Waals surface area contributed by atoms with Gasteiger partial charge < -0.3 is 22.8 Å². The smallest absolute Gasteiger partial charge is 0.377 e. The molecule has 0 unspecified atom stereocenters. The summed E-state index contributed by atoms with van der Waals surface area (Å²) in [6, 6.07) is 0. The molecule has 0 spiro atoms. The van der Waals surface area contributed by atoms with Crippen LogP contribution in [0.1, 0.15) is 6.42 Å². The summed E-state index contributed by atoms with van der Waals surface area (Å²) >= 11 is 0. The Morgan fingerprint density at radius 3 is 2.29 bits per heavy atom. The highest BCUT2D eigenvalue weighted by Gasteiger charge is 2.33. The van der Waals surface area contributed by atoms with Crippen LogP contribution in [0.3, 0.4) is 0 Å². The fourth-order valence-corrected chi connectivity index (χ4v) is 1.89. The maximum Gasteiger partial charge on any atom is 0.497 e. The summed E-state index contributed by atoms with van der Waals surface area (Å²) in [4.78, 5) is 0. The fraction of sp³-hybridized carbons (Fsp3) is 1.00. The van der Waals surface area contributed by atoms with Crippen molar-refractivity contribution < 1.29 is 22.8 Å². The van der Waals surface area contributed by atoms with E-state index in [4.69, 9.17) is 22.8 Å². The molecule has 0 N–H and O–H groups in total. The van der Waals surface area contributed by atoms with Crippen molar-refractivity contribution in [3.63, 3.8) is 0 Å².